The lowest BCUT2D eigenvalue weighted by atomic mass is 9.93. The minimum Gasteiger partial charge on any atom is -0.465 e. The first-order valence-electron chi connectivity index (χ1n) is 13.6. The number of imidazole rings is 1. The lowest BCUT2D eigenvalue weighted by molar-refractivity contribution is -0.185. The Morgan fingerprint density at radius 1 is 1.20 bits per heavy atom. The first kappa shape index (κ1) is 31.1. The number of aromatic amines is 1. The number of halogens is 1. The molecule has 5 atom stereocenters. The topological polar surface area (TPSA) is 236 Å². The number of aliphatic hydroxyl groups excluding tert-OH is 2. The molecule has 5 rings (SSSR count). The van der Waals surface area contributed by atoms with E-state index in [0.29, 0.717) is 18.4 Å². The Bertz CT molecular complexity index is 1600. The summed E-state index contributed by atoms with van der Waals surface area (Å²) in [6.07, 6.45) is -2.87. The average Bonchev–Trinajstić information content (AvgIpc) is 3.76. The van der Waals surface area contributed by atoms with Crippen molar-refractivity contribution in [1.82, 2.24) is 40.1 Å². The number of nitrogens with zero attached hydrogens (tertiary/aromatic N) is 7. The second kappa shape index (κ2) is 13.1. The van der Waals surface area contributed by atoms with E-state index in [4.69, 9.17) is 36.3 Å². The van der Waals surface area contributed by atoms with Crippen molar-refractivity contribution in [3.63, 3.8) is 0 Å². The van der Waals surface area contributed by atoms with Crippen molar-refractivity contribution >= 4 is 40.5 Å². The molecule has 1 unspecified atom stereocenters. The van der Waals surface area contributed by atoms with Crippen LogP contribution < -0.4 is 5.73 Å². The molecular weight excluding hydrogens is 602 g/mol. The van der Waals surface area contributed by atoms with Crippen LogP contribution in [0, 0.1) is 0 Å². The van der Waals surface area contributed by atoms with E-state index >= 15 is 0 Å². The highest BCUT2D eigenvalue weighted by Crippen LogP contribution is 2.36. The molecule has 44 heavy (non-hydrogen) atoms. The summed E-state index contributed by atoms with van der Waals surface area (Å²) in [5, 5.41) is 35.6. The Labute approximate surface area is 254 Å². The molecule has 17 nitrogen and oxygen atoms in total. The average molecular weight is 632 g/mol. The van der Waals surface area contributed by atoms with E-state index in [1.54, 1.807) is 31.2 Å². The van der Waals surface area contributed by atoms with Gasteiger partial charge in [0.05, 0.1) is 32.2 Å². The first-order chi connectivity index (χ1) is 21.2. The molecule has 1 saturated heterocycles. The van der Waals surface area contributed by atoms with Crippen LogP contribution in [0.25, 0.3) is 11.2 Å². The fraction of sp³-hybridized carbons (Fsp3) is 0.462. The van der Waals surface area contributed by atoms with Gasteiger partial charge in [-0.25, -0.2) is 14.6 Å². The highest BCUT2D eigenvalue weighted by atomic mass is 35.5. The number of benzene rings is 1. The molecule has 1 aliphatic rings. The van der Waals surface area contributed by atoms with Crippen molar-refractivity contribution in [2.24, 2.45) is 0 Å². The summed E-state index contributed by atoms with van der Waals surface area (Å²) >= 11 is 5.97. The third kappa shape index (κ3) is 6.04. The number of nitrogens with two attached hydrogens (primary N) is 1. The predicted molar refractivity (Wildman–Crippen MR) is 150 cm³/mol. The highest BCUT2D eigenvalue weighted by molar-refractivity contribution is 6.28. The number of aliphatic hydroxyl groups is 2. The van der Waals surface area contributed by atoms with Crippen molar-refractivity contribution in [2.45, 2.75) is 56.3 Å². The molecule has 1 aromatic carbocycles. The van der Waals surface area contributed by atoms with Crippen LogP contribution in [-0.4, -0.2) is 101 Å². The number of esters is 2. The maximum atomic E-state index is 13.4. The minimum atomic E-state index is -1.84. The Morgan fingerprint density at radius 3 is 2.66 bits per heavy atom. The van der Waals surface area contributed by atoms with Crippen LogP contribution in [0.3, 0.4) is 0 Å². The number of H-pyrrole nitrogens is 1. The van der Waals surface area contributed by atoms with Crippen molar-refractivity contribution < 1.29 is 38.7 Å². The molecule has 234 valence electrons. The van der Waals surface area contributed by atoms with Crippen LogP contribution in [0.15, 0.2) is 30.6 Å². The van der Waals surface area contributed by atoms with Gasteiger partial charge in [0.15, 0.2) is 17.7 Å². The van der Waals surface area contributed by atoms with Crippen LogP contribution in [0.4, 0.5) is 5.82 Å². The third-order valence-corrected chi connectivity index (χ3v) is 7.38. The van der Waals surface area contributed by atoms with Crippen LogP contribution in [0.1, 0.15) is 47.7 Å². The molecule has 0 saturated carbocycles. The zero-order valence-electron chi connectivity index (χ0n) is 23.7. The highest BCUT2D eigenvalue weighted by Gasteiger charge is 2.50. The van der Waals surface area contributed by atoms with Crippen LogP contribution in [-0.2, 0) is 35.8 Å². The van der Waals surface area contributed by atoms with Gasteiger partial charge in [-0.3, -0.25) is 4.57 Å². The summed E-state index contributed by atoms with van der Waals surface area (Å²) in [5.41, 5.74) is 5.77. The van der Waals surface area contributed by atoms with E-state index in [1.165, 1.54) is 18.0 Å². The molecule has 1 aliphatic heterocycles. The van der Waals surface area contributed by atoms with Gasteiger partial charge in [0.1, 0.15) is 23.8 Å². The Hall–Kier alpha value is -4.29. The smallest absolute Gasteiger partial charge is 0.346 e. The zero-order valence-corrected chi connectivity index (χ0v) is 24.4. The fourth-order valence-corrected chi connectivity index (χ4v) is 5.14. The Kier molecular flexibility index (Phi) is 9.31. The van der Waals surface area contributed by atoms with Gasteiger partial charge in [-0.15, -0.1) is 10.2 Å². The number of anilines is 1. The van der Waals surface area contributed by atoms with E-state index < -0.39 is 42.1 Å². The number of carbonyl (C=O) groups is 2. The van der Waals surface area contributed by atoms with Crippen LogP contribution >= 0.6 is 11.6 Å². The lowest BCUT2D eigenvalue weighted by Crippen LogP contribution is -2.45. The maximum absolute atomic E-state index is 13.4. The van der Waals surface area contributed by atoms with Gasteiger partial charge in [-0.1, -0.05) is 17.3 Å². The zero-order chi connectivity index (χ0) is 31.4. The molecule has 4 aromatic rings. The number of rotatable bonds is 12. The number of ether oxygens (including phenoxy) is 4. The largest absolute Gasteiger partial charge is 0.465 e. The number of hydrogen-bond acceptors (Lipinski definition) is 15. The molecule has 3 aromatic heterocycles. The van der Waals surface area contributed by atoms with E-state index in [0.717, 1.165) is 5.56 Å². The molecule has 0 spiro atoms. The number of methoxy groups -OCH3 is 1. The second-order valence-electron chi connectivity index (χ2n) is 9.88. The second-order valence-corrected chi connectivity index (χ2v) is 10.2. The van der Waals surface area contributed by atoms with E-state index in [-0.39, 0.29) is 47.7 Å². The summed E-state index contributed by atoms with van der Waals surface area (Å²) < 4.78 is 23.6. The third-order valence-electron chi connectivity index (χ3n) is 7.21. The van der Waals surface area contributed by atoms with Gasteiger partial charge in [-0.05, 0) is 55.5 Å². The summed E-state index contributed by atoms with van der Waals surface area (Å²) in [6.45, 7) is 1.31. The molecule has 1 fully saturated rings. The van der Waals surface area contributed by atoms with Gasteiger partial charge >= 0.3 is 11.9 Å². The number of fused-ring (bicyclic) bond motifs is 1. The van der Waals surface area contributed by atoms with Crippen molar-refractivity contribution in [3.8, 4) is 0 Å². The van der Waals surface area contributed by atoms with Gasteiger partial charge < -0.3 is 34.9 Å². The van der Waals surface area contributed by atoms with Gasteiger partial charge in [0.2, 0.25) is 16.7 Å². The first-order valence-corrected chi connectivity index (χ1v) is 14.0. The van der Waals surface area contributed by atoms with Crippen molar-refractivity contribution in [1.29, 1.82) is 0 Å². The van der Waals surface area contributed by atoms with Crippen molar-refractivity contribution in [3.05, 3.63) is 52.8 Å². The predicted octanol–water partition coefficient (Wildman–Crippen LogP) is 0.479. The van der Waals surface area contributed by atoms with Crippen molar-refractivity contribution in [2.75, 3.05) is 26.1 Å². The summed E-state index contributed by atoms with van der Waals surface area (Å²) in [5.74, 6) is -1.27. The standard InChI is InChI=1S/C26H30ClN9O8/c1-3-42-24(40)26(23-32-34-35-33-23,10-4-5-13-6-8-14(9-7-13)22(39)41-2)43-11-15-17(37)18(38)21(44-15)36-12-29-16-19(28)30-25(27)31-20(16)36/h6-9,12,15,17-18,21,37-38H,3-5,10-11H2,1-2H3,(H2,28,30,31)(H,32,33,34,35)/t15-,17-,18-,21-,26?/m1/s1. The summed E-state index contributed by atoms with van der Waals surface area (Å²) in [7, 11) is 1.31. The molecule has 0 radical (unpaired) electrons. The van der Waals surface area contributed by atoms with E-state index in [9.17, 15) is 19.8 Å². The molecule has 0 amide bonds. The maximum Gasteiger partial charge on any atom is 0.346 e. The van der Waals surface area contributed by atoms with E-state index in [2.05, 4.69) is 35.6 Å². The van der Waals surface area contributed by atoms with Gasteiger partial charge in [-0.2, -0.15) is 15.2 Å². The quantitative estimate of drug-likeness (QED) is 0.123. The fourth-order valence-electron chi connectivity index (χ4n) is 4.97. The normalized spacial score (nSPS) is 21.3. The van der Waals surface area contributed by atoms with Gasteiger partial charge in [0, 0.05) is 0 Å². The molecule has 5 N–H and O–H groups in total. The number of hydrogen-bond donors (Lipinski definition) is 4. The Balaban J connectivity index is 1.35. The van der Waals surface area contributed by atoms with E-state index in [1.807, 2.05) is 0 Å². The molecule has 0 bridgehead atoms. The van der Waals surface area contributed by atoms with Crippen LogP contribution in [0.2, 0.25) is 5.28 Å². The number of tetrazole rings is 1. The van der Waals surface area contributed by atoms with Gasteiger partial charge in [0.25, 0.3) is 0 Å². The number of nitrogen functional groups attached to an aromatic ring is 1. The molecular formula is C26H30ClN9O8. The number of aromatic nitrogens is 8. The number of nitrogens with one attached hydrogen (secondary N) is 1. The molecule has 18 heteroatoms. The van der Waals surface area contributed by atoms with Crippen LogP contribution in [0.5, 0.6) is 0 Å². The SMILES string of the molecule is CCOC(=O)C(CCCc1ccc(C(=O)OC)cc1)(OC[C@H]1O[C@@H](n2cnc3c(N)nc(Cl)nc32)[C@H](O)[C@@H]1O)c1nn[nH]n1. The monoisotopic (exact) mass is 631 g/mol. The number of aryl methyl sites for hydroxylation is 1. The molecule has 0 aliphatic carbocycles. The molecule has 4 heterocycles. The minimum absolute atomic E-state index is 0.0328. The summed E-state index contributed by atoms with van der Waals surface area (Å²) in [6, 6.07) is 6.86. The summed E-state index contributed by atoms with van der Waals surface area (Å²) in [4.78, 5) is 37.4. The number of carbonyl (C=O) groups excluding carboxylic acids is 2. The Morgan fingerprint density at radius 2 is 1.98 bits per heavy atom. The lowest BCUT2D eigenvalue weighted by Gasteiger charge is -2.30.